The van der Waals surface area contributed by atoms with Gasteiger partial charge in [-0.25, -0.2) is 9.98 Å². The van der Waals surface area contributed by atoms with Crippen LogP contribution in [0.1, 0.15) is 18.4 Å². The van der Waals surface area contributed by atoms with Crippen LogP contribution in [0.5, 0.6) is 0 Å². The van der Waals surface area contributed by atoms with E-state index in [1.165, 1.54) is 36.9 Å². The summed E-state index contributed by atoms with van der Waals surface area (Å²) in [5.41, 5.74) is 1.24. The van der Waals surface area contributed by atoms with Crippen molar-refractivity contribution >= 4 is 22.6 Å². The number of aromatic nitrogens is 1. The van der Waals surface area contributed by atoms with E-state index in [1.54, 1.807) is 7.05 Å². The predicted molar refractivity (Wildman–Crippen MR) is 97.5 cm³/mol. The fourth-order valence-corrected chi connectivity index (χ4v) is 3.76. The molecule has 0 aliphatic carbocycles. The smallest absolute Gasteiger partial charge is 0.290 e. The molecule has 126 valence electrons. The number of rotatable bonds is 2. The SMILES string of the molecule is CN=C(Nc1cc2cc(C)ccc2cn1)O[C@H]1CN2CCC1CC2. The van der Waals surface area contributed by atoms with Crippen LogP contribution in [0, 0.1) is 12.8 Å². The molecule has 2 bridgehead atoms. The molecule has 24 heavy (non-hydrogen) atoms. The van der Waals surface area contributed by atoms with Crippen LogP contribution in [-0.2, 0) is 4.74 Å². The predicted octanol–water partition coefficient (Wildman–Crippen LogP) is 3.05. The number of hydrogen-bond donors (Lipinski definition) is 1. The van der Waals surface area contributed by atoms with E-state index >= 15 is 0 Å². The number of piperidine rings is 3. The third-order valence-electron chi connectivity index (χ3n) is 5.17. The van der Waals surface area contributed by atoms with Crippen molar-refractivity contribution in [2.24, 2.45) is 10.9 Å². The van der Waals surface area contributed by atoms with Gasteiger partial charge in [0.2, 0.25) is 0 Å². The molecule has 2 aromatic rings. The van der Waals surface area contributed by atoms with Crippen molar-refractivity contribution < 1.29 is 4.74 Å². The molecule has 1 N–H and O–H groups in total. The summed E-state index contributed by atoms with van der Waals surface area (Å²) in [6.07, 6.45) is 4.59. The second-order valence-corrected chi connectivity index (χ2v) is 6.87. The minimum Gasteiger partial charge on any atom is -0.460 e. The van der Waals surface area contributed by atoms with Crippen LogP contribution in [0.4, 0.5) is 5.82 Å². The lowest BCUT2D eigenvalue weighted by Gasteiger charge is -2.44. The number of fused-ring (bicyclic) bond motifs is 4. The molecule has 0 amide bonds. The summed E-state index contributed by atoms with van der Waals surface area (Å²) in [7, 11) is 1.76. The molecule has 0 radical (unpaired) electrons. The van der Waals surface area contributed by atoms with Crippen molar-refractivity contribution in [3.8, 4) is 0 Å². The van der Waals surface area contributed by atoms with E-state index in [4.69, 9.17) is 4.74 Å². The average Bonchev–Trinajstić information content (AvgIpc) is 2.62. The minimum absolute atomic E-state index is 0.237. The minimum atomic E-state index is 0.237. The lowest BCUT2D eigenvalue weighted by Crippen LogP contribution is -2.52. The first-order valence-electron chi connectivity index (χ1n) is 8.70. The van der Waals surface area contributed by atoms with Crippen LogP contribution in [-0.4, -0.2) is 48.7 Å². The van der Waals surface area contributed by atoms with Gasteiger partial charge in [-0.3, -0.25) is 10.2 Å². The zero-order valence-corrected chi connectivity index (χ0v) is 14.3. The van der Waals surface area contributed by atoms with Gasteiger partial charge < -0.3 is 4.74 Å². The monoisotopic (exact) mass is 324 g/mol. The molecule has 3 saturated heterocycles. The molecule has 4 heterocycles. The van der Waals surface area contributed by atoms with Crippen molar-refractivity contribution in [2.45, 2.75) is 25.9 Å². The van der Waals surface area contributed by atoms with Gasteiger partial charge in [0.05, 0.1) is 0 Å². The normalized spacial score (nSPS) is 26.6. The van der Waals surface area contributed by atoms with Gasteiger partial charge in [-0.2, -0.15) is 0 Å². The number of nitrogens with one attached hydrogen (secondary N) is 1. The van der Waals surface area contributed by atoms with Crippen LogP contribution in [0.3, 0.4) is 0 Å². The third kappa shape index (κ3) is 3.08. The van der Waals surface area contributed by atoms with Crippen molar-refractivity contribution in [3.63, 3.8) is 0 Å². The van der Waals surface area contributed by atoms with E-state index in [0.29, 0.717) is 11.9 Å². The Morgan fingerprint density at radius 2 is 2.08 bits per heavy atom. The number of pyridine rings is 1. The fourth-order valence-electron chi connectivity index (χ4n) is 3.76. The summed E-state index contributed by atoms with van der Waals surface area (Å²) < 4.78 is 6.17. The Bertz CT molecular complexity index is 765. The Balaban J connectivity index is 1.48. The first kappa shape index (κ1) is 15.4. The summed E-state index contributed by atoms with van der Waals surface area (Å²) in [5.74, 6) is 1.43. The number of ether oxygens (including phenoxy) is 1. The topological polar surface area (TPSA) is 49.8 Å². The highest BCUT2D eigenvalue weighted by molar-refractivity contribution is 5.91. The maximum atomic E-state index is 6.17. The quantitative estimate of drug-likeness (QED) is 0.681. The zero-order valence-electron chi connectivity index (χ0n) is 14.3. The van der Waals surface area contributed by atoms with Crippen molar-refractivity contribution in [2.75, 3.05) is 32.0 Å². The van der Waals surface area contributed by atoms with E-state index in [-0.39, 0.29) is 6.10 Å². The van der Waals surface area contributed by atoms with Crippen LogP contribution < -0.4 is 5.32 Å². The first-order valence-corrected chi connectivity index (χ1v) is 8.70. The molecular formula is C19H24N4O. The molecule has 1 aromatic heterocycles. The van der Waals surface area contributed by atoms with Crippen molar-refractivity contribution in [1.29, 1.82) is 0 Å². The van der Waals surface area contributed by atoms with Crippen LogP contribution in [0.15, 0.2) is 35.5 Å². The van der Waals surface area contributed by atoms with Gasteiger partial charge >= 0.3 is 0 Å². The number of benzene rings is 1. The van der Waals surface area contributed by atoms with E-state index in [0.717, 1.165) is 17.7 Å². The average molecular weight is 324 g/mol. The molecular weight excluding hydrogens is 300 g/mol. The molecule has 0 spiro atoms. The van der Waals surface area contributed by atoms with E-state index in [2.05, 4.69) is 45.3 Å². The van der Waals surface area contributed by atoms with Crippen LogP contribution in [0.25, 0.3) is 10.8 Å². The van der Waals surface area contributed by atoms with Gasteiger partial charge in [0.25, 0.3) is 6.02 Å². The molecule has 1 aromatic carbocycles. The molecule has 3 aliphatic heterocycles. The Morgan fingerprint density at radius 1 is 1.25 bits per heavy atom. The van der Waals surface area contributed by atoms with Gasteiger partial charge in [-0.05, 0) is 50.2 Å². The number of aryl methyl sites for hydroxylation is 1. The maximum Gasteiger partial charge on any atom is 0.290 e. The number of hydrogen-bond acceptors (Lipinski definition) is 4. The molecule has 1 atom stereocenters. The summed E-state index contributed by atoms with van der Waals surface area (Å²) in [6.45, 7) is 5.53. The molecule has 0 saturated carbocycles. The number of aliphatic imine (C=N–C) groups is 1. The summed E-state index contributed by atoms with van der Waals surface area (Å²) >= 11 is 0. The zero-order chi connectivity index (χ0) is 16.5. The summed E-state index contributed by atoms with van der Waals surface area (Å²) in [4.78, 5) is 11.2. The van der Waals surface area contributed by atoms with Gasteiger partial charge in [0.15, 0.2) is 0 Å². The molecule has 3 fully saturated rings. The Morgan fingerprint density at radius 3 is 2.79 bits per heavy atom. The van der Waals surface area contributed by atoms with Crippen LogP contribution in [0.2, 0.25) is 0 Å². The molecule has 0 unspecified atom stereocenters. The summed E-state index contributed by atoms with van der Waals surface area (Å²) in [6, 6.07) is 8.98. The molecule has 5 rings (SSSR count). The van der Waals surface area contributed by atoms with Gasteiger partial charge in [-0.1, -0.05) is 23.8 Å². The molecule has 3 aliphatic rings. The van der Waals surface area contributed by atoms with Gasteiger partial charge in [-0.15, -0.1) is 0 Å². The lowest BCUT2D eigenvalue weighted by molar-refractivity contribution is -0.0146. The highest BCUT2D eigenvalue weighted by atomic mass is 16.5. The largest absolute Gasteiger partial charge is 0.460 e. The van der Waals surface area contributed by atoms with E-state index in [1.807, 2.05) is 12.3 Å². The Labute approximate surface area is 142 Å². The van der Waals surface area contributed by atoms with Gasteiger partial charge in [0.1, 0.15) is 11.9 Å². The van der Waals surface area contributed by atoms with Gasteiger partial charge in [0, 0.05) is 25.2 Å². The number of anilines is 1. The Hall–Kier alpha value is -2.14. The Kier molecular flexibility index (Phi) is 4.10. The summed E-state index contributed by atoms with van der Waals surface area (Å²) in [5, 5.41) is 5.56. The van der Waals surface area contributed by atoms with Crippen LogP contribution >= 0.6 is 0 Å². The highest BCUT2D eigenvalue weighted by Gasteiger charge is 2.36. The second-order valence-electron chi connectivity index (χ2n) is 6.87. The number of nitrogens with zero attached hydrogens (tertiary/aromatic N) is 3. The van der Waals surface area contributed by atoms with E-state index < -0.39 is 0 Å². The number of amidine groups is 1. The fraction of sp³-hybridized carbons (Fsp3) is 0.474. The highest BCUT2D eigenvalue weighted by Crippen LogP contribution is 2.29. The maximum absolute atomic E-state index is 6.17. The molecule has 5 nitrogen and oxygen atoms in total. The third-order valence-corrected chi connectivity index (χ3v) is 5.17. The van der Waals surface area contributed by atoms with Crippen molar-refractivity contribution in [3.05, 3.63) is 36.0 Å². The van der Waals surface area contributed by atoms with Crippen molar-refractivity contribution in [1.82, 2.24) is 9.88 Å². The first-order chi connectivity index (χ1) is 11.7. The lowest BCUT2D eigenvalue weighted by atomic mass is 9.86. The standard InChI is InChI=1S/C19H24N4O/c1-13-3-4-15-11-21-18(10-16(15)9-13)22-19(20-2)24-17-12-23-7-5-14(17)6-8-23/h3-4,9-11,14,17H,5-8,12H2,1-2H3,(H,20,21,22)/t17-/m0/s1. The molecule has 5 heteroatoms. The van der Waals surface area contributed by atoms with E-state index in [9.17, 15) is 0 Å². The second kappa shape index (κ2) is 6.40.